The molecular formula is C21H28N4O6. The molecule has 2 N–H and O–H groups in total. The number of carbonyl (C=O) groups is 1. The van der Waals surface area contributed by atoms with E-state index in [1.807, 2.05) is 19.9 Å². The van der Waals surface area contributed by atoms with Crippen LogP contribution in [0.15, 0.2) is 34.0 Å². The number of aromatic nitrogens is 2. The maximum Gasteiger partial charge on any atom is 0.328 e. The molecule has 0 unspecified atom stereocenters. The number of rotatable bonds is 9. The summed E-state index contributed by atoms with van der Waals surface area (Å²) in [6.07, 6.45) is 1.41. The molecule has 10 nitrogen and oxygen atoms in total. The summed E-state index contributed by atoms with van der Waals surface area (Å²) < 4.78 is 18.3. The van der Waals surface area contributed by atoms with Crippen molar-refractivity contribution in [1.82, 2.24) is 9.55 Å². The van der Waals surface area contributed by atoms with E-state index in [4.69, 9.17) is 14.2 Å². The molecule has 1 fully saturated rings. The molecule has 3 rings (SSSR count). The van der Waals surface area contributed by atoms with E-state index in [0.29, 0.717) is 43.6 Å². The van der Waals surface area contributed by atoms with Crippen LogP contribution in [-0.2, 0) is 16.1 Å². The fourth-order valence-corrected chi connectivity index (χ4v) is 3.30. The standard InChI is InChI=1S/C21H28N4O6/c1-3-30-17-14-16(24-9-11-29-12-10-24)18(31-4-2)13-15(17)22-19(26)5-7-25-8-6-20(27)23-21(25)28/h6,8,13-14H,3-5,7,9-12H2,1-2H3,(H,22,26)(H,23,27,28). The van der Waals surface area contributed by atoms with Gasteiger partial charge in [0.05, 0.1) is 37.8 Å². The van der Waals surface area contributed by atoms with Crippen LogP contribution in [0.5, 0.6) is 11.5 Å². The van der Waals surface area contributed by atoms with Crippen LogP contribution in [0.1, 0.15) is 20.3 Å². The van der Waals surface area contributed by atoms with Gasteiger partial charge in [-0.05, 0) is 13.8 Å². The molecule has 0 bridgehead atoms. The zero-order valence-electron chi connectivity index (χ0n) is 17.8. The van der Waals surface area contributed by atoms with E-state index in [9.17, 15) is 14.4 Å². The first-order valence-corrected chi connectivity index (χ1v) is 10.4. The molecule has 1 aliphatic rings. The number of aromatic amines is 1. The number of H-pyrrole nitrogens is 1. The van der Waals surface area contributed by atoms with Crippen molar-refractivity contribution in [2.24, 2.45) is 0 Å². The Morgan fingerprint density at radius 1 is 1.13 bits per heavy atom. The number of hydrogen-bond acceptors (Lipinski definition) is 7. The molecule has 168 valence electrons. The Balaban J connectivity index is 1.79. The van der Waals surface area contributed by atoms with E-state index in [-0.39, 0.29) is 18.9 Å². The summed E-state index contributed by atoms with van der Waals surface area (Å²) in [5, 5.41) is 2.85. The van der Waals surface area contributed by atoms with Gasteiger partial charge < -0.3 is 29.0 Å². The molecule has 1 amide bonds. The summed E-state index contributed by atoms with van der Waals surface area (Å²) in [7, 11) is 0. The van der Waals surface area contributed by atoms with Gasteiger partial charge in [-0.3, -0.25) is 14.6 Å². The zero-order chi connectivity index (χ0) is 22.2. The average Bonchev–Trinajstić information content (AvgIpc) is 2.75. The predicted octanol–water partition coefficient (Wildman–Crippen LogP) is 1.20. The summed E-state index contributed by atoms with van der Waals surface area (Å²) in [5.74, 6) is 0.905. The molecule has 1 aromatic carbocycles. The van der Waals surface area contributed by atoms with Crippen LogP contribution in [0.25, 0.3) is 0 Å². The Kier molecular flexibility index (Phi) is 7.71. The van der Waals surface area contributed by atoms with Crippen LogP contribution >= 0.6 is 0 Å². The maximum atomic E-state index is 12.6. The molecule has 2 heterocycles. The van der Waals surface area contributed by atoms with Gasteiger partial charge in [0, 0.05) is 50.5 Å². The van der Waals surface area contributed by atoms with Crippen LogP contribution in [0.4, 0.5) is 11.4 Å². The second kappa shape index (κ2) is 10.7. The molecule has 0 atom stereocenters. The molecule has 0 saturated carbocycles. The van der Waals surface area contributed by atoms with Crippen molar-refractivity contribution in [3.63, 3.8) is 0 Å². The lowest BCUT2D eigenvalue weighted by atomic mass is 10.2. The largest absolute Gasteiger partial charge is 0.492 e. The first-order chi connectivity index (χ1) is 15.0. The van der Waals surface area contributed by atoms with Gasteiger partial charge in [-0.25, -0.2) is 4.79 Å². The monoisotopic (exact) mass is 432 g/mol. The SMILES string of the molecule is CCOc1cc(N2CCOCC2)c(OCC)cc1NC(=O)CCn1ccc(=O)[nH]c1=O. The van der Waals surface area contributed by atoms with Crippen molar-refractivity contribution in [1.29, 1.82) is 0 Å². The number of nitrogens with zero attached hydrogens (tertiary/aromatic N) is 2. The Hall–Kier alpha value is -3.27. The lowest BCUT2D eigenvalue weighted by Gasteiger charge is -2.31. The number of nitrogens with one attached hydrogen (secondary N) is 2. The minimum Gasteiger partial charge on any atom is -0.492 e. The first-order valence-electron chi connectivity index (χ1n) is 10.4. The normalized spacial score (nSPS) is 13.7. The lowest BCUT2D eigenvalue weighted by molar-refractivity contribution is -0.116. The third-order valence-electron chi connectivity index (χ3n) is 4.76. The third kappa shape index (κ3) is 5.88. The summed E-state index contributed by atoms with van der Waals surface area (Å²) in [4.78, 5) is 39.8. The molecule has 31 heavy (non-hydrogen) atoms. The van der Waals surface area contributed by atoms with Gasteiger partial charge in [0.2, 0.25) is 5.91 Å². The van der Waals surface area contributed by atoms with Gasteiger partial charge in [0.15, 0.2) is 0 Å². The fraction of sp³-hybridized carbons (Fsp3) is 0.476. The summed E-state index contributed by atoms with van der Waals surface area (Å²) in [6, 6.07) is 4.89. The Morgan fingerprint density at radius 2 is 1.84 bits per heavy atom. The van der Waals surface area contributed by atoms with Gasteiger partial charge >= 0.3 is 5.69 Å². The van der Waals surface area contributed by atoms with Crippen LogP contribution < -0.4 is 30.9 Å². The second-order valence-corrected chi connectivity index (χ2v) is 6.88. The summed E-state index contributed by atoms with van der Waals surface area (Å²) in [6.45, 7) is 7.58. The van der Waals surface area contributed by atoms with Crippen LogP contribution in [0.2, 0.25) is 0 Å². The fourth-order valence-electron chi connectivity index (χ4n) is 3.30. The number of hydrogen-bond donors (Lipinski definition) is 2. The highest BCUT2D eigenvalue weighted by Crippen LogP contribution is 2.39. The van der Waals surface area contributed by atoms with E-state index in [1.165, 1.54) is 16.8 Å². The minimum absolute atomic E-state index is 0.0483. The van der Waals surface area contributed by atoms with Gasteiger partial charge in [-0.2, -0.15) is 0 Å². The third-order valence-corrected chi connectivity index (χ3v) is 4.76. The number of carbonyl (C=O) groups excluding carboxylic acids is 1. The van der Waals surface area contributed by atoms with Crippen molar-refractivity contribution in [2.75, 3.05) is 49.7 Å². The van der Waals surface area contributed by atoms with E-state index in [2.05, 4.69) is 15.2 Å². The molecule has 0 radical (unpaired) electrons. The number of amides is 1. The van der Waals surface area contributed by atoms with Gasteiger partial charge in [0.25, 0.3) is 5.56 Å². The van der Waals surface area contributed by atoms with Crippen molar-refractivity contribution >= 4 is 17.3 Å². The van der Waals surface area contributed by atoms with Crippen LogP contribution in [0, 0.1) is 0 Å². The molecule has 10 heteroatoms. The van der Waals surface area contributed by atoms with Crippen LogP contribution in [0.3, 0.4) is 0 Å². The highest BCUT2D eigenvalue weighted by atomic mass is 16.5. The van der Waals surface area contributed by atoms with Crippen molar-refractivity contribution in [3.05, 3.63) is 45.2 Å². The second-order valence-electron chi connectivity index (χ2n) is 6.88. The molecule has 2 aromatic rings. The molecule has 1 aromatic heterocycles. The highest BCUT2D eigenvalue weighted by molar-refractivity contribution is 5.93. The number of aryl methyl sites for hydroxylation is 1. The first kappa shape index (κ1) is 22.4. The molecule has 0 spiro atoms. The minimum atomic E-state index is -0.552. The number of benzene rings is 1. The Bertz CT molecular complexity index is 1010. The van der Waals surface area contributed by atoms with Gasteiger partial charge in [-0.1, -0.05) is 0 Å². The smallest absolute Gasteiger partial charge is 0.328 e. The van der Waals surface area contributed by atoms with Crippen molar-refractivity contribution in [2.45, 2.75) is 26.8 Å². The average molecular weight is 432 g/mol. The summed E-state index contributed by atoms with van der Waals surface area (Å²) in [5.41, 5.74) is 0.368. The van der Waals surface area contributed by atoms with E-state index in [1.54, 1.807) is 6.07 Å². The number of morpholine rings is 1. The van der Waals surface area contributed by atoms with Crippen molar-refractivity contribution in [3.8, 4) is 11.5 Å². The molecular weight excluding hydrogens is 404 g/mol. The van der Waals surface area contributed by atoms with Gasteiger partial charge in [-0.15, -0.1) is 0 Å². The number of anilines is 2. The zero-order valence-corrected chi connectivity index (χ0v) is 17.8. The van der Waals surface area contributed by atoms with E-state index < -0.39 is 11.2 Å². The van der Waals surface area contributed by atoms with E-state index >= 15 is 0 Å². The molecule has 0 aliphatic carbocycles. The Labute approximate surface area is 179 Å². The lowest BCUT2D eigenvalue weighted by Crippen LogP contribution is -2.36. The topological polar surface area (TPSA) is 115 Å². The highest BCUT2D eigenvalue weighted by Gasteiger charge is 2.20. The van der Waals surface area contributed by atoms with E-state index in [0.717, 1.165) is 18.8 Å². The van der Waals surface area contributed by atoms with Gasteiger partial charge in [0.1, 0.15) is 11.5 Å². The van der Waals surface area contributed by atoms with Crippen LogP contribution in [-0.4, -0.2) is 55.0 Å². The quantitative estimate of drug-likeness (QED) is 0.612. The Morgan fingerprint density at radius 3 is 2.52 bits per heavy atom. The maximum absolute atomic E-state index is 12.6. The molecule has 1 saturated heterocycles. The summed E-state index contributed by atoms with van der Waals surface area (Å²) >= 11 is 0. The molecule has 1 aliphatic heterocycles. The predicted molar refractivity (Wildman–Crippen MR) is 116 cm³/mol. The number of ether oxygens (including phenoxy) is 3. The van der Waals surface area contributed by atoms with Crippen molar-refractivity contribution < 1.29 is 19.0 Å².